The van der Waals surface area contributed by atoms with E-state index in [1.54, 1.807) is 19.2 Å². The number of anilines is 1. The van der Waals surface area contributed by atoms with Gasteiger partial charge in [-0.05, 0) is 35.9 Å². The van der Waals surface area contributed by atoms with Crippen LogP contribution in [0.3, 0.4) is 0 Å². The van der Waals surface area contributed by atoms with Crippen molar-refractivity contribution in [3.8, 4) is 11.5 Å². The second-order valence-corrected chi connectivity index (χ2v) is 4.61. The van der Waals surface area contributed by atoms with Gasteiger partial charge in [0.2, 0.25) is 0 Å². The van der Waals surface area contributed by atoms with Crippen LogP contribution in [-0.4, -0.2) is 28.1 Å². The highest BCUT2D eigenvalue weighted by Crippen LogP contribution is 2.25. The standard InChI is InChI=1S/C15H16N2O3/c1-17(9-10-2-5-12(16)6-3-10)15(20)11-4-7-13(18)14(19)8-11/h2-8,18-19H,9,16H2,1H3. The highest BCUT2D eigenvalue weighted by atomic mass is 16.3. The maximum Gasteiger partial charge on any atom is 0.254 e. The number of nitrogen functional groups attached to an aromatic ring is 1. The molecule has 0 fully saturated rings. The molecule has 0 spiro atoms. The maximum absolute atomic E-state index is 12.2. The molecule has 1 amide bonds. The summed E-state index contributed by atoms with van der Waals surface area (Å²) in [5.41, 5.74) is 7.55. The summed E-state index contributed by atoms with van der Waals surface area (Å²) in [7, 11) is 1.67. The van der Waals surface area contributed by atoms with Crippen LogP contribution in [0.15, 0.2) is 42.5 Å². The van der Waals surface area contributed by atoms with Gasteiger partial charge in [0, 0.05) is 24.8 Å². The van der Waals surface area contributed by atoms with Gasteiger partial charge in [0.05, 0.1) is 0 Å². The van der Waals surface area contributed by atoms with Crippen molar-refractivity contribution >= 4 is 11.6 Å². The van der Waals surface area contributed by atoms with Gasteiger partial charge in [-0.1, -0.05) is 12.1 Å². The Hall–Kier alpha value is -2.69. The van der Waals surface area contributed by atoms with Gasteiger partial charge in [0.15, 0.2) is 11.5 Å². The molecule has 104 valence electrons. The van der Waals surface area contributed by atoms with Gasteiger partial charge in [-0.2, -0.15) is 0 Å². The van der Waals surface area contributed by atoms with Gasteiger partial charge in [0.25, 0.3) is 5.91 Å². The van der Waals surface area contributed by atoms with Gasteiger partial charge < -0.3 is 20.8 Å². The van der Waals surface area contributed by atoms with Crippen LogP contribution < -0.4 is 5.73 Å². The van der Waals surface area contributed by atoms with Crippen molar-refractivity contribution in [3.63, 3.8) is 0 Å². The molecule has 2 aromatic carbocycles. The van der Waals surface area contributed by atoms with Gasteiger partial charge in [0.1, 0.15) is 0 Å². The third kappa shape index (κ3) is 3.00. The van der Waals surface area contributed by atoms with Crippen molar-refractivity contribution in [2.75, 3.05) is 12.8 Å². The van der Waals surface area contributed by atoms with Gasteiger partial charge in [-0.3, -0.25) is 4.79 Å². The number of aromatic hydroxyl groups is 2. The lowest BCUT2D eigenvalue weighted by Gasteiger charge is -2.17. The Bertz CT molecular complexity index is 624. The lowest BCUT2D eigenvalue weighted by Crippen LogP contribution is -2.26. The van der Waals surface area contributed by atoms with Crippen molar-refractivity contribution in [2.45, 2.75) is 6.54 Å². The number of benzene rings is 2. The first-order valence-electron chi connectivity index (χ1n) is 6.09. The Balaban J connectivity index is 2.11. The molecule has 2 aromatic rings. The highest BCUT2D eigenvalue weighted by molar-refractivity contribution is 5.94. The van der Waals surface area contributed by atoms with Crippen molar-refractivity contribution in [1.29, 1.82) is 0 Å². The lowest BCUT2D eigenvalue weighted by molar-refractivity contribution is 0.0784. The van der Waals surface area contributed by atoms with Crippen LogP contribution in [0.2, 0.25) is 0 Å². The summed E-state index contributed by atoms with van der Waals surface area (Å²) in [6.45, 7) is 0.431. The Kier molecular flexibility index (Phi) is 3.79. The van der Waals surface area contributed by atoms with Crippen molar-refractivity contribution in [3.05, 3.63) is 53.6 Å². The molecule has 0 aliphatic carbocycles. The molecule has 5 heteroatoms. The smallest absolute Gasteiger partial charge is 0.254 e. The maximum atomic E-state index is 12.2. The molecule has 0 bridgehead atoms. The molecular formula is C15H16N2O3. The fraction of sp³-hybridized carbons (Fsp3) is 0.133. The molecule has 0 unspecified atom stereocenters. The van der Waals surface area contributed by atoms with Crippen LogP contribution in [0, 0.1) is 0 Å². The molecule has 20 heavy (non-hydrogen) atoms. The normalized spacial score (nSPS) is 10.2. The van der Waals surface area contributed by atoms with E-state index in [1.807, 2.05) is 12.1 Å². The topological polar surface area (TPSA) is 86.8 Å². The number of nitrogens with two attached hydrogens (primary N) is 1. The minimum absolute atomic E-state index is 0.239. The molecule has 0 radical (unpaired) electrons. The molecule has 0 saturated heterocycles. The van der Waals surface area contributed by atoms with E-state index < -0.39 is 0 Å². The predicted molar refractivity (Wildman–Crippen MR) is 76.4 cm³/mol. The third-order valence-corrected chi connectivity index (χ3v) is 2.97. The molecule has 4 N–H and O–H groups in total. The number of phenolic OH excluding ortho intramolecular Hbond substituents is 2. The average molecular weight is 272 g/mol. The van der Waals surface area contributed by atoms with Crippen LogP contribution in [0.4, 0.5) is 5.69 Å². The quantitative estimate of drug-likeness (QED) is 0.588. The minimum atomic E-state index is -0.309. The monoisotopic (exact) mass is 272 g/mol. The van der Waals surface area contributed by atoms with E-state index in [9.17, 15) is 15.0 Å². The summed E-state index contributed by atoms with van der Waals surface area (Å²) in [6, 6.07) is 11.3. The predicted octanol–water partition coefficient (Wildman–Crippen LogP) is 1.95. The van der Waals surface area contributed by atoms with E-state index in [0.29, 0.717) is 17.8 Å². The molecule has 0 aliphatic rings. The van der Waals surface area contributed by atoms with E-state index >= 15 is 0 Å². The molecule has 0 aliphatic heterocycles. The molecule has 5 nitrogen and oxygen atoms in total. The first-order chi connectivity index (χ1) is 9.47. The number of hydrogen-bond acceptors (Lipinski definition) is 4. The molecule has 0 saturated carbocycles. The second-order valence-electron chi connectivity index (χ2n) is 4.61. The van der Waals surface area contributed by atoms with Gasteiger partial charge >= 0.3 is 0 Å². The zero-order chi connectivity index (χ0) is 14.7. The number of carbonyl (C=O) groups is 1. The second kappa shape index (κ2) is 5.52. The van der Waals surface area contributed by atoms with Crippen LogP contribution in [0.1, 0.15) is 15.9 Å². The van der Waals surface area contributed by atoms with E-state index in [4.69, 9.17) is 5.73 Å². The molecular weight excluding hydrogens is 256 g/mol. The van der Waals surface area contributed by atoms with E-state index in [1.165, 1.54) is 23.1 Å². The fourth-order valence-electron chi connectivity index (χ4n) is 1.85. The Morgan fingerprint density at radius 3 is 2.35 bits per heavy atom. The van der Waals surface area contributed by atoms with Crippen LogP contribution in [0.5, 0.6) is 11.5 Å². The number of amides is 1. The number of rotatable bonds is 3. The molecule has 0 aromatic heterocycles. The number of phenols is 2. The zero-order valence-electron chi connectivity index (χ0n) is 11.1. The Morgan fingerprint density at radius 1 is 1.10 bits per heavy atom. The Morgan fingerprint density at radius 2 is 1.75 bits per heavy atom. The molecule has 2 rings (SSSR count). The molecule has 0 heterocycles. The summed E-state index contributed by atoms with van der Waals surface area (Å²) >= 11 is 0. The van der Waals surface area contributed by atoms with Crippen LogP contribution in [0.25, 0.3) is 0 Å². The number of carbonyl (C=O) groups excluding carboxylic acids is 1. The van der Waals surface area contributed by atoms with Crippen molar-refractivity contribution in [1.82, 2.24) is 4.90 Å². The summed E-state index contributed by atoms with van der Waals surface area (Å²) in [4.78, 5) is 13.7. The SMILES string of the molecule is CN(Cc1ccc(N)cc1)C(=O)c1ccc(O)c(O)c1. The first kappa shape index (κ1) is 13.7. The van der Waals surface area contributed by atoms with E-state index in [2.05, 4.69) is 0 Å². The average Bonchev–Trinajstić information content (AvgIpc) is 2.43. The van der Waals surface area contributed by atoms with E-state index in [-0.39, 0.29) is 17.4 Å². The van der Waals surface area contributed by atoms with Gasteiger partial charge in [-0.25, -0.2) is 0 Å². The minimum Gasteiger partial charge on any atom is -0.504 e. The van der Waals surface area contributed by atoms with Crippen LogP contribution >= 0.6 is 0 Å². The summed E-state index contributed by atoms with van der Waals surface area (Å²) in [5.74, 6) is -0.795. The molecule has 0 atom stereocenters. The zero-order valence-corrected chi connectivity index (χ0v) is 11.1. The van der Waals surface area contributed by atoms with Crippen LogP contribution in [-0.2, 0) is 6.54 Å². The van der Waals surface area contributed by atoms with Crippen molar-refractivity contribution < 1.29 is 15.0 Å². The largest absolute Gasteiger partial charge is 0.504 e. The first-order valence-corrected chi connectivity index (χ1v) is 6.09. The Labute approximate surface area is 116 Å². The summed E-state index contributed by atoms with van der Waals surface area (Å²) in [5, 5.41) is 18.7. The van der Waals surface area contributed by atoms with Gasteiger partial charge in [-0.15, -0.1) is 0 Å². The third-order valence-electron chi connectivity index (χ3n) is 2.97. The number of nitrogens with zero attached hydrogens (tertiary/aromatic N) is 1. The summed E-state index contributed by atoms with van der Waals surface area (Å²) in [6.07, 6.45) is 0. The lowest BCUT2D eigenvalue weighted by atomic mass is 10.1. The summed E-state index contributed by atoms with van der Waals surface area (Å²) < 4.78 is 0. The number of hydrogen-bond donors (Lipinski definition) is 3. The van der Waals surface area contributed by atoms with E-state index in [0.717, 1.165) is 5.56 Å². The van der Waals surface area contributed by atoms with Crippen molar-refractivity contribution in [2.24, 2.45) is 0 Å². The fourth-order valence-corrected chi connectivity index (χ4v) is 1.85. The highest BCUT2D eigenvalue weighted by Gasteiger charge is 2.13.